The molecule has 3 nitrogen and oxygen atoms in total. The van der Waals surface area contributed by atoms with Crippen LogP contribution in [0.4, 0.5) is 0 Å². The molecule has 0 amide bonds. The van der Waals surface area contributed by atoms with Crippen LogP contribution < -0.4 is 10.5 Å². The highest BCUT2D eigenvalue weighted by atomic mass is 35.5. The summed E-state index contributed by atoms with van der Waals surface area (Å²) in [6.07, 6.45) is -0.695. The predicted octanol–water partition coefficient (Wildman–Crippen LogP) is 3.88. The van der Waals surface area contributed by atoms with Gasteiger partial charge in [0.1, 0.15) is 5.75 Å². The van der Waals surface area contributed by atoms with Crippen LogP contribution in [0.5, 0.6) is 5.75 Å². The molecule has 3 N–H and O–H groups in total. The monoisotopic (exact) mass is 325 g/mol. The quantitative estimate of drug-likeness (QED) is 0.847. The second-order valence-corrected chi connectivity index (χ2v) is 6.18. The Morgan fingerprint density at radius 2 is 2.00 bits per heavy atom. The maximum Gasteiger partial charge on any atom is 0.119 e. The number of aliphatic hydroxyl groups excluding tert-OH is 1. The van der Waals surface area contributed by atoms with Gasteiger partial charge in [0.2, 0.25) is 0 Å². The van der Waals surface area contributed by atoms with Crippen LogP contribution >= 0.6 is 22.9 Å². The standard InChI is InChI=1S/C16H20ClNO2S/c1-3-20-12-6-4-11(5-7-12)13(8-18)15(19)16-14(17)10(2)9-21-16/h4-7,9,13,15,19H,3,8,18H2,1-2H3. The van der Waals surface area contributed by atoms with E-state index in [2.05, 4.69) is 0 Å². The molecule has 0 spiro atoms. The van der Waals surface area contributed by atoms with Crippen LogP contribution in [-0.4, -0.2) is 18.3 Å². The highest BCUT2D eigenvalue weighted by molar-refractivity contribution is 7.10. The Bertz CT molecular complexity index is 582. The average molecular weight is 326 g/mol. The van der Waals surface area contributed by atoms with Crippen molar-refractivity contribution in [3.8, 4) is 5.75 Å². The van der Waals surface area contributed by atoms with E-state index in [1.165, 1.54) is 11.3 Å². The Morgan fingerprint density at radius 3 is 2.48 bits per heavy atom. The van der Waals surface area contributed by atoms with E-state index in [0.717, 1.165) is 21.8 Å². The zero-order chi connectivity index (χ0) is 15.4. The Labute approximate surface area is 134 Å². The van der Waals surface area contributed by atoms with Gasteiger partial charge in [-0.15, -0.1) is 11.3 Å². The van der Waals surface area contributed by atoms with E-state index in [4.69, 9.17) is 22.1 Å². The number of aryl methyl sites for hydroxylation is 1. The second kappa shape index (κ2) is 7.27. The third-order valence-corrected chi connectivity index (χ3v) is 5.23. The highest BCUT2D eigenvalue weighted by Crippen LogP contribution is 2.39. The van der Waals surface area contributed by atoms with Gasteiger partial charge in [-0.2, -0.15) is 0 Å². The van der Waals surface area contributed by atoms with Gasteiger partial charge in [0, 0.05) is 12.5 Å². The molecular formula is C16H20ClNO2S. The molecule has 0 aliphatic carbocycles. The van der Waals surface area contributed by atoms with Gasteiger partial charge in [0.15, 0.2) is 0 Å². The van der Waals surface area contributed by atoms with Gasteiger partial charge in [0.05, 0.1) is 22.6 Å². The van der Waals surface area contributed by atoms with Crippen molar-refractivity contribution in [2.45, 2.75) is 25.9 Å². The van der Waals surface area contributed by atoms with Gasteiger partial charge in [0.25, 0.3) is 0 Å². The van der Waals surface area contributed by atoms with E-state index in [-0.39, 0.29) is 5.92 Å². The maximum atomic E-state index is 10.6. The van der Waals surface area contributed by atoms with Gasteiger partial charge < -0.3 is 15.6 Å². The predicted molar refractivity (Wildman–Crippen MR) is 88.4 cm³/mol. The molecule has 0 aliphatic heterocycles. The Kier molecular flexibility index (Phi) is 5.65. The third-order valence-electron chi connectivity index (χ3n) is 3.45. The molecule has 1 aromatic heterocycles. The minimum absolute atomic E-state index is 0.184. The molecule has 1 aromatic carbocycles. The Morgan fingerprint density at radius 1 is 1.33 bits per heavy atom. The van der Waals surface area contributed by atoms with Crippen molar-refractivity contribution in [3.63, 3.8) is 0 Å². The maximum absolute atomic E-state index is 10.6. The fourth-order valence-electron chi connectivity index (χ4n) is 2.26. The molecule has 0 radical (unpaired) electrons. The SMILES string of the molecule is CCOc1ccc(C(CN)C(O)c2scc(C)c2Cl)cc1. The first-order valence-corrected chi connectivity index (χ1v) is 8.18. The van der Waals surface area contributed by atoms with E-state index in [9.17, 15) is 5.11 Å². The molecule has 5 heteroatoms. The summed E-state index contributed by atoms with van der Waals surface area (Å²) in [4.78, 5) is 0.776. The second-order valence-electron chi connectivity index (χ2n) is 4.89. The first kappa shape index (κ1) is 16.3. The van der Waals surface area contributed by atoms with Crippen molar-refractivity contribution < 1.29 is 9.84 Å². The molecule has 2 aromatic rings. The number of nitrogens with two attached hydrogens (primary N) is 1. The minimum atomic E-state index is -0.695. The molecule has 2 unspecified atom stereocenters. The number of halogens is 1. The Hall–Kier alpha value is -1.07. The molecule has 114 valence electrons. The van der Waals surface area contributed by atoms with Crippen LogP contribution in [0.25, 0.3) is 0 Å². The van der Waals surface area contributed by atoms with E-state index in [1.54, 1.807) is 0 Å². The summed E-state index contributed by atoms with van der Waals surface area (Å²) in [5.74, 6) is 0.632. The lowest BCUT2D eigenvalue weighted by atomic mass is 9.92. The lowest BCUT2D eigenvalue weighted by molar-refractivity contribution is 0.151. The molecule has 0 bridgehead atoms. The molecule has 1 heterocycles. The molecule has 0 aliphatic rings. The lowest BCUT2D eigenvalue weighted by Crippen LogP contribution is -2.19. The van der Waals surface area contributed by atoms with E-state index in [1.807, 2.05) is 43.5 Å². The molecule has 2 atom stereocenters. The van der Waals surface area contributed by atoms with Gasteiger partial charge in [-0.3, -0.25) is 0 Å². The minimum Gasteiger partial charge on any atom is -0.494 e. The lowest BCUT2D eigenvalue weighted by Gasteiger charge is -2.21. The number of hydrogen-bond acceptors (Lipinski definition) is 4. The van der Waals surface area contributed by atoms with Crippen LogP contribution in [0.2, 0.25) is 5.02 Å². The Balaban J connectivity index is 2.24. The van der Waals surface area contributed by atoms with Crippen molar-refractivity contribution >= 4 is 22.9 Å². The van der Waals surface area contributed by atoms with Crippen molar-refractivity contribution in [2.75, 3.05) is 13.2 Å². The fourth-order valence-corrected chi connectivity index (χ4v) is 3.61. The fraction of sp³-hybridized carbons (Fsp3) is 0.375. The van der Waals surface area contributed by atoms with Crippen LogP contribution in [0.15, 0.2) is 29.6 Å². The zero-order valence-corrected chi connectivity index (χ0v) is 13.7. The summed E-state index contributed by atoms with van der Waals surface area (Å²) < 4.78 is 5.43. The number of thiophene rings is 1. The van der Waals surface area contributed by atoms with Gasteiger partial charge >= 0.3 is 0 Å². The molecule has 2 rings (SSSR count). The highest BCUT2D eigenvalue weighted by Gasteiger charge is 2.25. The topological polar surface area (TPSA) is 55.5 Å². The zero-order valence-electron chi connectivity index (χ0n) is 12.2. The van der Waals surface area contributed by atoms with Gasteiger partial charge in [-0.05, 0) is 42.5 Å². The van der Waals surface area contributed by atoms with Crippen LogP contribution in [0.1, 0.15) is 34.9 Å². The van der Waals surface area contributed by atoms with E-state index < -0.39 is 6.10 Å². The number of benzene rings is 1. The molecule has 21 heavy (non-hydrogen) atoms. The van der Waals surface area contributed by atoms with Crippen LogP contribution in [0.3, 0.4) is 0 Å². The summed E-state index contributed by atoms with van der Waals surface area (Å²) in [6.45, 7) is 4.86. The van der Waals surface area contributed by atoms with Crippen LogP contribution in [0, 0.1) is 6.92 Å². The first-order valence-electron chi connectivity index (χ1n) is 6.92. The third kappa shape index (κ3) is 3.58. The molecule has 0 saturated carbocycles. The molecule has 0 fully saturated rings. The first-order chi connectivity index (χ1) is 10.1. The average Bonchev–Trinajstić information content (AvgIpc) is 2.82. The number of rotatable bonds is 6. The largest absolute Gasteiger partial charge is 0.494 e. The number of ether oxygens (including phenoxy) is 1. The normalized spacial score (nSPS) is 14.0. The number of hydrogen-bond donors (Lipinski definition) is 2. The van der Waals surface area contributed by atoms with Crippen molar-refractivity contribution in [1.82, 2.24) is 0 Å². The van der Waals surface area contributed by atoms with Gasteiger partial charge in [-0.1, -0.05) is 23.7 Å². The summed E-state index contributed by atoms with van der Waals surface area (Å²) in [5, 5.41) is 13.2. The molecular weight excluding hydrogens is 306 g/mol. The van der Waals surface area contributed by atoms with Crippen molar-refractivity contribution in [1.29, 1.82) is 0 Å². The van der Waals surface area contributed by atoms with Gasteiger partial charge in [-0.25, -0.2) is 0 Å². The van der Waals surface area contributed by atoms with Crippen molar-refractivity contribution in [2.24, 2.45) is 5.73 Å². The summed E-state index contributed by atoms with van der Waals surface area (Å²) in [5.41, 5.74) is 7.83. The molecule has 0 saturated heterocycles. The van der Waals surface area contributed by atoms with E-state index in [0.29, 0.717) is 18.2 Å². The van der Waals surface area contributed by atoms with Crippen molar-refractivity contribution in [3.05, 3.63) is 50.7 Å². The number of aliphatic hydroxyl groups is 1. The summed E-state index contributed by atoms with van der Waals surface area (Å²) >= 11 is 7.72. The smallest absolute Gasteiger partial charge is 0.119 e. The van der Waals surface area contributed by atoms with Crippen LogP contribution in [-0.2, 0) is 0 Å². The summed E-state index contributed by atoms with van der Waals surface area (Å²) in [7, 11) is 0. The van der Waals surface area contributed by atoms with E-state index >= 15 is 0 Å². The summed E-state index contributed by atoms with van der Waals surface area (Å²) in [6, 6.07) is 7.69.